The van der Waals surface area contributed by atoms with Gasteiger partial charge in [0, 0.05) is 36.1 Å². The first-order valence-corrected chi connectivity index (χ1v) is 7.77. The molecule has 0 bridgehead atoms. The molecule has 2 fully saturated rings. The van der Waals surface area contributed by atoms with E-state index in [0.29, 0.717) is 6.04 Å². The van der Waals surface area contributed by atoms with Gasteiger partial charge in [-0.1, -0.05) is 18.2 Å². The topological polar surface area (TPSA) is 28.4 Å². The number of aryl methyl sites for hydroxylation is 1. The van der Waals surface area contributed by atoms with Crippen molar-refractivity contribution in [3.8, 4) is 0 Å². The smallest absolute Gasteiger partial charge is 0.134 e. The summed E-state index contributed by atoms with van der Waals surface area (Å²) in [6.07, 6.45) is 4.03. The Morgan fingerprint density at radius 1 is 1.25 bits per heavy atom. The molecule has 0 aliphatic carbocycles. The Morgan fingerprint density at radius 2 is 2.15 bits per heavy atom. The fourth-order valence-electron chi connectivity index (χ4n) is 3.99. The predicted octanol–water partition coefficient (Wildman–Crippen LogP) is 3.07. The molecule has 3 nitrogen and oxygen atoms in total. The molecule has 106 valence electrons. The lowest BCUT2D eigenvalue weighted by Gasteiger charge is -2.21. The van der Waals surface area contributed by atoms with Crippen LogP contribution in [0.15, 0.2) is 28.7 Å². The van der Waals surface area contributed by atoms with Crippen LogP contribution >= 0.6 is 0 Å². The van der Waals surface area contributed by atoms with E-state index in [4.69, 9.17) is 4.42 Å². The maximum atomic E-state index is 5.85. The minimum absolute atomic E-state index is 0.658. The highest BCUT2D eigenvalue weighted by molar-refractivity contribution is 5.82. The monoisotopic (exact) mass is 270 g/mol. The number of fused-ring (bicyclic) bond motifs is 2. The van der Waals surface area contributed by atoms with Crippen LogP contribution in [0, 0.1) is 6.92 Å². The maximum absolute atomic E-state index is 5.85. The third-order valence-corrected chi connectivity index (χ3v) is 5.05. The van der Waals surface area contributed by atoms with Gasteiger partial charge in [0.25, 0.3) is 0 Å². The minimum Gasteiger partial charge on any atom is -0.461 e. The van der Waals surface area contributed by atoms with E-state index in [9.17, 15) is 0 Å². The van der Waals surface area contributed by atoms with Crippen LogP contribution in [0.5, 0.6) is 0 Å². The highest BCUT2D eigenvalue weighted by Gasteiger charge is 2.36. The normalized spacial score (nSPS) is 26.4. The van der Waals surface area contributed by atoms with Crippen molar-refractivity contribution in [2.45, 2.75) is 44.8 Å². The lowest BCUT2D eigenvalue weighted by molar-refractivity contribution is 0.298. The molecular weight excluding hydrogens is 248 g/mol. The van der Waals surface area contributed by atoms with Crippen molar-refractivity contribution >= 4 is 11.0 Å². The van der Waals surface area contributed by atoms with Crippen LogP contribution in [0.25, 0.3) is 11.0 Å². The van der Waals surface area contributed by atoms with Crippen molar-refractivity contribution in [1.82, 2.24) is 10.2 Å². The lowest BCUT2D eigenvalue weighted by Crippen LogP contribution is -2.38. The Balaban J connectivity index is 1.52. The molecule has 1 aromatic heterocycles. The van der Waals surface area contributed by atoms with Crippen molar-refractivity contribution in [2.24, 2.45) is 0 Å². The molecule has 2 saturated heterocycles. The molecule has 2 aliphatic heterocycles. The Bertz CT molecular complexity index is 618. The minimum atomic E-state index is 0.658. The van der Waals surface area contributed by atoms with Crippen LogP contribution in [0.2, 0.25) is 0 Å². The van der Waals surface area contributed by atoms with E-state index in [-0.39, 0.29) is 0 Å². The third-order valence-electron chi connectivity index (χ3n) is 5.05. The number of nitrogens with one attached hydrogen (secondary N) is 1. The van der Waals surface area contributed by atoms with E-state index < -0.39 is 0 Å². The second kappa shape index (κ2) is 4.90. The van der Waals surface area contributed by atoms with Crippen LogP contribution in [0.4, 0.5) is 0 Å². The summed E-state index contributed by atoms with van der Waals surface area (Å²) in [5.41, 5.74) is 2.34. The zero-order valence-electron chi connectivity index (χ0n) is 12.1. The van der Waals surface area contributed by atoms with Crippen LogP contribution in [0.3, 0.4) is 0 Å². The number of nitrogens with zero attached hydrogens (tertiary/aromatic N) is 1. The molecule has 3 heterocycles. The Labute approximate surface area is 119 Å². The summed E-state index contributed by atoms with van der Waals surface area (Å²) in [6, 6.07) is 9.78. The van der Waals surface area contributed by atoms with Gasteiger partial charge < -0.3 is 9.73 Å². The summed E-state index contributed by atoms with van der Waals surface area (Å²) in [6.45, 7) is 5.58. The summed E-state index contributed by atoms with van der Waals surface area (Å²) in [4.78, 5) is 2.65. The van der Waals surface area contributed by atoms with Gasteiger partial charge in [-0.15, -0.1) is 0 Å². The van der Waals surface area contributed by atoms with E-state index in [1.54, 1.807) is 0 Å². The van der Waals surface area contributed by atoms with Crippen molar-refractivity contribution in [3.05, 3.63) is 35.6 Å². The molecule has 2 aliphatic rings. The molecule has 2 aromatic rings. The largest absolute Gasteiger partial charge is 0.461 e. The SMILES string of the molecule is Cc1oc2ccccc2c1CNC1CCN2CCCC12. The van der Waals surface area contributed by atoms with E-state index >= 15 is 0 Å². The van der Waals surface area contributed by atoms with Gasteiger partial charge >= 0.3 is 0 Å². The Hall–Kier alpha value is -1.32. The third kappa shape index (κ3) is 1.97. The summed E-state index contributed by atoms with van der Waals surface area (Å²) in [7, 11) is 0. The molecule has 0 radical (unpaired) electrons. The quantitative estimate of drug-likeness (QED) is 0.929. The molecule has 4 rings (SSSR count). The van der Waals surface area contributed by atoms with Gasteiger partial charge in [-0.25, -0.2) is 0 Å². The van der Waals surface area contributed by atoms with Crippen molar-refractivity contribution in [1.29, 1.82) is 0 Å². The lowest BCUT2D eigenvalue weighted by atomic mass is 10.1. The van der Waals surface area contributed by atoms with Crippen LogP contribution in [0.1, 0.15) is 30.6 Å². The standard InChI is InChI=1S/C17H22N2O/c1-12-14(13-5-2-3-7-17(13)20-12)11-18-15-8-10-19-9-4-6-16(15)19/h2-3,5,7,15-16,18H,4,6,8-11H2,1H3. The van der Waals surface area contributed by atoms with E-state index in [1.165, 1.54) is 43.3 Å². The van der Waals surface area contributed by atoms with Crippen LogP contribution in [-0.4, -0.2) is 30.1 Å². The first-order chi connectivity index (χ1) is 9.83. The highest BCUT2D eigenvalue weighted by Crippen LogP contribution is 2.29. The zero-order valence-corrected chi connectivity index (χ0v) is 12.1. The molecule has 3 heteroatoms. The highest BCUT2D eigenvalue weighted by atomic mass is 16.3. The summed E-state index contributed by atoms with van der Waals surface area (Å²) >= 11 is 0. The number of hydrogen-bond donors (Lipinski definition) is 1. The van der Waals surface area contributed by atoms with Gasteiger partial charge in [-0.05, 0) is 38.8 Å². The average molecular weight is 270 g/mol. The van der Waals surface area contributed by atoms with Gasteiger partial charge in [-0.2, -0.15) is 0 Å². The van der Waals surface area contributed by atoms with E-state index in [1.807, 2.05) is 6.07 Å². The molecule has 2 unspecified atom stereocenters. The fourth-order valence-corrected chi connectivity index (χ4v) is 3.99. The molecule has 0 amide bonds. The van der Waals surface area contributed by atoms with Gasteiger partial charge in [0.2, 0.25) is 0 Å². The number of rotatable bonds is 3. The van der Waals surface area contributed by atoms with E-state index in [0.717, 1.165) is 23.9 Å². The Morgan fingerprint density at radius 3 is 3.10 bits per heavy atom. The summed E-state index contributed by atoms with van der Waals surface area (Å²) in [5, 5.41) is 5.05. The van der Waals surface area contributed by atoms with Crippen LogP contribution in [-0.2, 0) is 6.54 Å². The van der Waals surface area contributed by atoms with Crippen molar-refractivity contribution in [2.75, 3.05) is 13.1 Å². The predicted molar refractivity (Wildman–Crippen MR) is 80.8 cm³/mol. The van der Waals surface area contributed by atoms with Gasteiger partial charge in [-0.3, -0.25) is 4.90 Å². The van der Waals surface area contributed by atoms with Crippen molar-refractivity contribution < 1.29 is 4.42 Å². The zero-order chi connectivity index (χ0) is 13.5. The van der Waals surface area contributed by atoms with E-state index in [2.05, 4.69) is 35.3 Å². The molecular formula is C17H22N2O. The first kappa shape index (κ1) is 12.4. The first-order valence-electron chi connectivity index (χ1n) is 7.77. The molecule has 1 aromatic carbocycles. The molecule has 1 N–H and O–H groups in total. The molecule has 20 heavy (non-hydrogen) atoms. The van der Waals surface area contributed by atoms with Gasteiger partial charge in [0.05, 0.1) is 0 Å². The number of para-hydroxylation sites is 1. The summed E-state index contributed by atoms with van der Waals surface area (Å²) in [5.74, 6) is 1.06. The van der Waals surface area contributed by atoms with Crippen molar-refractivity contribution in [3.63, 3.8) is 0 Å². The maximum Gasteiger partial charge on any atom is 0.134 e. The fraction of sp³-hybridized carbons (Fsp3) is 0.529. The number of hydrogen-bond acceptors (Lipinski definition) is 3. The van der Waals surface area contributed by atoms with Gasteiger partial charge in [0.1, 0.15) is 11.3 Å². The molecule has 0 spiro atoms. The second-order valence-electron chi connectivity index (χ2n) is 6.15. The van der Waals surface area contributed by atoms with Crippen LogP contribution < -0.4 is 5.32 Å². The van der Waals surface area contributed by atoms with Gasteiger partial charge in [0.15, 0.2) is 0 Å². The number of benzene rings is 1. The summed E-state index contributed by atoms with van der Waals surface area (Å²) < 4.78 is 5.85. The Kier molecular flexibility index (Phi) is 3.04. The second-order valence-corrected chi connectivity index (χ2v) is 6.15. The molecule has 0 saturated carbocycles. The average Bonchev–Trinajstić information content (AvgIpc) is 3.11. The number of furan rings is 1. The molecule has 2 atom stereocenters.